The number of nitrogens with two attached hydrogens (primary N) is 1. The molecule has 0 saturated heterocycles. The number of hydrogen-bond acceptors (Lipinski definition) is 2. The van der Waals surface area contributed by atoms with Crippen LogP contribution in [0.1, 0.15) is 31.7 Å². The smallest absolute Gasteiger partial charge is 0.137 e. The van der Waals surface area contributed by atoms with Crippen molar-refractivity contribution in [3.8, 4) is 11.3 Å². The first-order valence-electron chi connectivity index (χ1n) is 6.45. The molecule has 0 bridgehead atoms. The van der Waals surface area contributed by atoms with Gasteiger partial charge in [-0.15, -0.1) is 0 Å². The van der Waals surface area contributed by atoms with E-state index in [0.29, 0.717) is 16.2 Å². The van der Waals surface area contributed by atoms with Crippen molar-refractivity contribution >= 4 is 21.6 Å². The van der Waals surface area contributed by atoms with E-state index in [0.717, 1.165) is 24.1 Å². The maximum atomic E-state index is 13.3. The summed E-state index contributed by atoms with van der Waals surface area (Å²) in [7, 11) is 0. The molecule has 0 unspecified atom stereocenters. The van der Waals surface area contributed by atoms with Gasteiger partial charge in [-0.1, -0.05) is 12.8 Å². The molecule has 0 atom stereocenters. The summed E-state index contributed by atoms with van der Waals surface area (Å²) < 4.78 is 15.7. The molecule has 1 heterocycles. The second-order valence-electron chi connectivity index (χ2n) is 4.98. The molecule has 0 aliphatic heterocycles. The number of rotatable bonds is 2. The monoisotopic (exact) mass is 323 g/mol. The van der Waals surface area contributed by atoms with Gasteiger partial charge in [0.15, 0.2) is 0 Å². The van der Waals surface area contributed by atoms with Gasteiger partial charge in [-0.05, 0) is 47.0 Å². The topological polar surface area (TPSA) is 43.8 Å². The van der Waals surface area contributed by atoms with Crippen molar-refractivity contribution in [2.75, 3.05) is 5.73 Å². The summed E-state index contributed by atoms with van der Waals surface area (Å²) in [6.45, 7) is 0. The molecule has 1 fully saturated rings. The lowest BCUT2D eigenvalue weighted by Gasteiger charge is -2.08. The molecule has 1 saturated carbocycles. The standard InChI is InChI=1S/C14H15BrFN3/c15-11-7-9(5-6-12(11)16)14-13(17)8-19(18-14)10-3-1-2-4-10/h5-8,10H,1-4,17H2. The lowest BCUT2D eigenvalue weighted by molar-refractivity contribution is 0.468. The van der Waals surface area contributed by atoms with Gasteiger partial charge in [0, 0.05) is 11.8 Å². The zero-order valence-corrected chi connectivity index (χ0v) is 12.0. The molecule has 100 valence electrons. The molecule has 0 radical (unpaired) electrons. The zero-order valence-electron chi connectivity index (χ0n) is 10.4. The van der Waals surface area contributed by atoms with Crippen LogP contribution in [0.3, 0.4) is 0 Å². The fourth-order valence-electron chi connectivity index (χ4n) is 2.63. The second-order valence-corrected chi connectivity index (χ2v) is 5.83. The van der Waals surface area contributed by atoms with E-state index in [4.69, 9.17) is 5.73 Å². The summed E-state index contributed by atoms with van der Waals surface area (Å²) in [6, 6.07) is 5.30. The minimum atomic E-state index is -0.280. The van der Waals surface area contributed by atoms with Gasteiger partial charge in [0.05, 0.1) is 16.2 Å². The number of halogens is 2. The third-order valence-corrected chi connectivity index (χ3v) is 4.26. The maximum absolute atomic E-state index is 13.3. The van der Waals surface area contributed by atoms with Gasteiger partial charge in [-0.2, -0.15) is 5.10 Å². The highest BCUT2D eigenvalue weighted by molar-refractivity contribution is 9.10. The molecule has 1 aliphatic carbocycles. The number of anilines is 1. The Morgan fingerprint density at radius 3 is 2.74 bits per heavy atom. The largest absolute Gasteiger partial charge is 0.396 e. The van der Waals surface area contributed by atoms with Gasteiger partial charge in [-0.3, -0.25) is 4.68 Å². The molecular weight excluding hydrogens is 309 g/mol. The van der Waals surface area contributed by atoms with Crippen molar-refractivity contribution in [3.63, 3.8) is 0 Å². The summed E-state index contributed by atoms with van der Waals surface area (Å²) in [5.74, 6) is -0.280. The summed E-state index contributed by atoms with van der Waals surface area (Å²) in [5, 5.41) is 4.58. The summed E-state index contributed by atoms with van der Waals surface area (Å²) in [5.41, 5.74) is 8.25. The molecule has 3 rings (SSSR count). The first kappa shape index (κ1) is 12.7. The number of aromatic nitrogens is 2. The lowest BCUT2D eigenvalue weighted by atomic mass is 10.1. The Hall–Kier alpha value is -1.36. The molecular formula is C14H15BrFN3. The highest BCUT2D eigenvalue weighted by Crippen LogP contribution is 2.33. The van der Waals surface area contributed by atoms with Crippen molar-refractivity contribution in [2.24, 2.45) is 0 Å². The highest BCUT2D eigenvalue weighted by Gasteiger charge is 2.20. The number of benzene rings is 1. The van der Waals surface area contributed by atoms with E-state index in [9.17, 15) is 4.39 Å². The summed E-state index contributed by atoms with van der Waals surface area (Å²) in [6.07, 6.45) is 6.72. The predicted molar refractivity (Wildman–Crippen MR) is 77.2 cm³/mol. The average Bonchev–Trinajstić information content (AvgIpc) is 3.01. The van der Waals surface area contributed by atoms with E-state index in [1.807, 2.05) is 10.9 Å². The van der Waals surface area contributed by atoms with E-state index in [-0.39, 0.29) is 5.82 Å². The predicted octanol–water partition coefficient (Wildman–Crippen LogP) is 4.15. The molecule has 1 aromatic carbocycles. The molecule has 3 nitrogen and oxygen atoms in total. The van der Waals surface area contributed by atoms with Crippen molar-refractivity contribution in [3.05, 3.63) is 34.7 Å². The van der Waals surface area contributed by atoms with Gasteiger partial charge in [0.25, 0.3) is 0 Å². The quantitative estimate of drug-likeness (QED) is 0.902. The molecule has 1 aliphatic rings. The minimum Gasteiger partial charge on any atom is -0.396 e. The van der Waals surface area contributed by atoms with Crippen LogP contribution < -0.4 is 5.73 Å². The Balaban J connectivity index is 1.97. The van der Waals surface area contributed by atoms with Crippen LogP contribution in [-0.2, 0) is 0 Å². The summed E-state index contributed by atoms with van der Waals surface area (Å²) in [4.78, 5) is 0. The Kier molecular flexibility index (Phi) is 3.31. The van der Waals surface area contributed by atoms with E-state index in [1.54, 1.807) is 12.1 Å². The Morgan fingerprint density at radius 2 is 2.05 bits per heavy atom. The van der Waals surface area contributed by atoms with Crippen LogP contribution in [0, 0.1) is 5.82 Å². The third-order valence-electron chi connectivity index (χ3n) is 3.65. The lowest BCUT2D eigenvalue weighted by Crippen LogP contribution is -2.04. The Labute approximate surface area is 119 Å². The maximum Gasteiger partial charge on any atom is 0.137 e. The van der Waals surface area contributed by atoms with E-state index in [2.05, 4.69) is 21.0 Å². The minimum absolute atomic E-state index is 0.280. The van der Waals surface area contributed by atoms with Crippen LogP contribution in [0.25, 0.3) is 11.3 Å². The van der Waals surface area contributed by atoms with Crippen LogP contribution in [-0.4, -0.2) is 9.78 Å². The van der Waals surface area contributed by atoms with Crippen LogP contribution >= 0.6 is 15.9 Å². The molecule has 1 aromatic heterocycles. The van der Waals surface area contributed by atoms with Gasteiger partial charge in [-0.25, -0.2) is 4.39 Å². The first-order valence-corrected chi connectivity index (χ1v) is 7.24. The summed E-state index contributed by atoms with van der Waals surface area (Å²) >= 11 is 3.19. The van der Waals surface area contributed by atoms with Crippen molar-refractivity contribution in [2.45, 2.75) is 31.7 Å². The first-order chi connectivity index (χ1) is 9.15. The molecule has 2 N–H and O–H groups in total. The third kappa shape index (κ3) is 2.39. The van der Waals surface area contributed by atoms with E-state index < -0.39 is 0 Å². The van der Waals surface area contributed by atoms with Crippen molar-refractivity contribution < 1.29 is 4.39 Å². The average molecular weight is 324 g/mol. The van der Waals surface area contributed by atoms with Gasteiger partial charge in [0.2, 0.25) is 0 Å². The van der Waals surface area contributed by atoms with E-state index >= 15 is 0 Å². The fraction of sp³-hybridized carbons (Fsp3) is 0.357. The van der Waals surface area contributed by atoms with Gasteiger partial charge < -0.3 is 5.73 Å². The van der Waals surface area contributed by atoms with Crippen molar-refractivity contribution in [1.29, 1.82) is 0 Å². The zero-order chi connectivity index (χ0) is 13.4. The van der Waals surface area contributed by atoms with Gasteiger partial charge >= 0.3 is 0 Å². The fourth-order valence-corrected chi connectivity index (χ4v) is 3.01. The molecule has 2 aromatic rings. The Morgan fingerprint density at radius 1 is 1.32 bits per heavy atom. The molecule has 0 spiro atoms. The molecule has 19 heavy (non-hydrogen) atoms. The SMILES string of the molecule is Nc1cn(C2CCCC2)nc1-c1ccc(F)c(Br)c1. The molecule has 5 heteroatoms. The number of nitrogen functional groups attached to an aromatic ring is 1. The highest BCUT2D eigenvalue weighted by atomic mass is 79.9. The van der Waals surface area contributed by atoms with E-state index in [1.165, 1.54) is 18.9 Å². The Bertz CT molecular complexity index is 603. The normalized spacial score (nSPS) is 16.1. The van der Waals surface area contributed by atoms with Crippen LogP contribution in [0.4, 0.5) is 10.1 Å². The van der Waals surface area contributed by atoms with Crippen LogP contribution in [0.5, 0.6) is 0 Å². The van der Waals surface area contributed by atoms with Crippen LogP contribution in [0.15, 0.2) is 28.9 Å². The second kappa shape index (κ2) is 4.96. The molecule has 0 amide bonds. The number of hydrogen-bond donors (Lipinski definition) is 1. The van der Waals surface area contributed by atoms with Crippen molar-refractivity contribution in [1.82, 2.24) is 9.78 Å². The van der Waals surface area contributed by atoms with Gasteiger partial charge in [0.1, 0.15) is 11.5 Å². The number of nitrogens with zero attached hydrogens (tertiary/aromatic N) is 2. The van der Waals surface area contributed by atoms with Crippen LogP contribution in [0.2, 0.25) is 0 Å².